The largest absolute Gasteiger partial charge is 0.490 e. The molecule has 0 radical (unpaired) electrons. The molecule has 0 bridgehead atoms. The van der Waals surface area contributed by atoms with Crippen molar-refractivity contribution in [3.63, 3.8) is 0 Å². The van der Waals surface area contributed by atoms with Crippen LogP contribution in [0.2, 0.25) is 0 Å². The van der Waals surface area contributed by atoms with Crippen LogP contribution in [-0.2, 0) is 12.8 Å². The molecule has 2 rings (SSSR count). The molecule has 0 aliphatic carbocycles. The van der Waals surface area contributed by atoms with Gasteiger partial charge in [-0.15, -0.1) is 0 Å². The van der Waals surface area contributed by atoms with Crippen LogP contribution in [-0.4, -0.2) is 12.1 Å². The number of rotatable bonds is 2. The van der Waals surface area contributed by atoms with Crippen molar-refractivity contribution >= 4 is 0 Å². The zero-order valence-electron chi connectivity index (χ0n) is 8.79. The van der Waals surface area contributed by atoms with Gasteiger partial charge in [-0.3, -0.25) is 0 Å². The third-order valence-electron chi connectivity index (χ3n) is 2.59. The zero-order chi connectivity index (χ0) is 10.1. The van der Waals surface area contributed by atoms with E-state index in [2.05, 4.69) is 19.1 Å². The first-order chi connectivity index (χ1) is 6.66. The van der Waals surface area contributed by atoms with E-state index in [-0.39, 0.29) is 6.04 Å². The Morgan fingerprint density at radius 2 is 2.36 bits per heavy atom. The molecule has 1 aliphatic rings. The normalized spacial score (nSPS) is 21.5. The van der Waals surface area contributed by atoms with Gasteiger partial charge in [-0.25, -0.2) is 0 Å². The lowest BCUT2D eigenvalue weighted by Gasteiger charge is -2.08. The van der Waals surface area contributed by atoms with E-state index in [1.807, 2.05) is 13.0 Å². The first-order valence-corrected chi connectivity index (χ1v) is 5.20. The molecule has 1 heterocycles. The van der Waals surface area contributed by atoms with Crippen LogP contribution in [0.5, 0.6) is 5.75 Å². The van der Waals surface area contributed by atoms with Gasteiger partial charge in [0.05, 0.1) is 0 Å². The molecular weight excluding hydrogens is 174 g/mol. The molecule has 2 atom stereocenters. The maximum Gasteiger partial charge on any atom is 0.123 e. The highest BCUT2D eigenvalue weighted by molar-refractivity contribution is 5.43. The summed E-state index contributed by atoms with van der Waals surface area (Å²) in [5.74, 6) is 1.05. The maximum absolute atomic E-state index is 5.81. The van der Waals surface area contributed by atoms with Crippen LogP contribution in [0, 0.1) is 0 Å². The van der Waals surface area contributed by atoms with Crippen LogP contribution in [0.15, 0.2) is 18.2 Å². The van der Waals surface area contributed by atoms with Crippen LogP contribution in [0.3, 0.4) is 0 Å². The van der Waals surface area contributed by atoms with E-state index < -0.39 is 0 Å². The van der Waals surface area contributed by atoms with Gasteiger partial charge in [-0.2, -0.15) is 0 Å². The maximum atomic E-state index is 5.81. The van der Waals surface area contributed by atoms with Crippen molar-refractivity contribution in [2.75, 3.05) is 0 Å². The second-order valence-corrected chi connectivity index (χ2v) is 4.21. The predicted octanol–water partition coefficient (Wildman–Crippen LogP) is 1.90. The molecule has 0 saturated heterocycles. The molecule has 1 aliphatic heterocycles. The Balaban J connectivity index is 2.30. The Kier molecular flexibility index (Phi) is 2.46. The van der Waals surface area contributed by atoms with Crippen LogP contribution in [0.1, 0.15) is 25.0 Å². The Morgan fingerprint density at radius 1 is 1.57 bits per heavy atom. The van der Waals surface area contributed by atoms with E-state index in [0.29, 0.717) is 6.10 Å². The molecule has 1 aromatic rings. The number of hydrogen-bond donors (Lipinski definition) is 1. The molecule has 1 aromatic carbocycles. The third-order valence-corrected chi connectivity index (χ3v) is 2.59. The predicted molar refractivity (Wildman–Crippen MR) is 57.6 cm³/mol. The number of fused-ring (bicyclic) bond motifs is 1. The van der Waals surface area contributed by atoms with Gasteiger partial charge in [0.1, 0.15) is 11.9 Å². The van der Waals surface area contributed by atoms with Crippen molar-refractivity contribution in [3.8, 4) is 5.75 Å². The van der Waals surface area contributed by atoms with Crippen molar-refractivity contribution in [3.05, 3.63) is 29.3 Å². The fourth-order valence-corrected chi connectivity index (χ4v) is 2.04. The van der Waals surface area contributed by atoms with Gasteiger partial charge in [0, 0.05) is 18.0 Å². The Labute approximate surface area is 85.1 Å². The van der Waals surface area contributed by atoms with Crippen LogP contribution < -0.4 is 10.5 Å². The van der Waals surface area contributed by atoms with Gasteiger partial charge in [0.2, 0.25) is 0 Å². The molecule has 2 heteroatoms. The van der Waals surface area contributed by atoms with Gasteiger partial charge in [0.25, 0.3) is 0 Å². The smallest absolute Gasteiger partial charge is 0.123 e. The first-order valence-electron chi connectivity index (χ1n) is 5.20. The molecule has 2 N–H and O–H groups in total. The summed E-state index contributed by atoms with van der Waals surface area (Å²) in [5, 5.41) is 0. The quantitative estimate of drug-likeness (QED) is 0.775. The number of benzene rings is 1. The molecule has 2 nitrogen and oxygen atoms in total. The van der Waals surface area contributed by atoms with Gasteiger partial charge < -0.3 is 10.5 Å². The van der Waals surface area contributed by atoms with Crippen molar-refractivity contribution in [1.82, 2.24) is 0 Å². The molecule has 0 amide bonds. The number of hydrogen-bond acceptors (Lipinski definition) is 2. The molecule has 0 fully saturated rings. The van der Waals surface area contributed by atoms with Gasteiger partial charge in [-0.05, 0) is 31.9 Å². The molecule has 0 saturated carbocycles. The van der Waals surface area contributed by atoms with E-state index in [0.717, 1.165) is 18.6 Å². The summed E-state index contributed by atoms with van der Waals surface area (Å²) in [4.78, 5) is 0. The van der Waals surface area contributed by atoms with Crippen LogP contribution >= 0.6 is 0 Å². The molecule has 0 spiro atoms. The molecule has 0 aromatic heterocycles. The fraction of sp³-hybridized carbons (Fsp3) is 0.500. The van der Waals surface area contributed by atoms with Crippen molar-refractivity contribution in [2.45, 2.75) is 38.8 Å². The molecule has 76 valence electrons. The van der Waals surface area contributed by atoms with Crippen molar-refractivity contribution in [1.29, 1.82) is 0 Å². The minimum atomic E-state index is 0.220. The molecular formula is C12H17NO. The summed E-state index contributed by atoms with van der Waals surface area (Å²) in [5.41, 5.74) is 8.52. The minimum absolute atomic E-state index is 0.220. The molecule has 2 unspecified atom stereocenters. The third kappa shape index (κ3) is 1.75. The summed E-state index contributed by atoms with van der Waals surface area (Å²) >= 11 is 0. The highest BCUT2D eigenvalue weighted by Crippen LogP contribution is 2.31. The average Bonchev–Trinajstić information content (AvgIpc) is 2.45. The zero-order valence-corrected chi connectivity index (χ0v) is 8.79. The van der Waals surface area contributed by atoms with Gasteiger partial charge >= 0.3 is 0 Å². The van der Waals surface area contributed by atoms with Gasteiger partial charge in [0.15, 0.2) is 0 Å². The lowest BCUT2D eigenvalue weighted by Crippen LogP contribution is -2.18. The van der Waals surface area contributed by atoms with Crippen molar-refractivity contribution < 1.29 is 4.74 Å². The lowest BCUT2D eigenvalue weighted by atomic mass is 9.98. The highest BCUT2D eigenvalue weighted by atomic mass is 16.5. The second kappa shape index (κ2) is 3.62. The summed E-state index contributed by atoms with van der Waals surface area (Å²) in [6.45, 7) is 4.15. The van der Waals surface area contributed by atoms with E-state index in [9.17, 15) is 0 Å². The SMILES string of the molecule is CC(N)Cc1cccc2c1CC(C)O2. The molecule has 14 heavy (non-hydrogen) atoms. The minimum Gasteiger partial charge on any atom is -0.490 e. The average molecular weight is 191 g/mol. The fourth-order valence-electron chi connectivity index (χ4n) is 2.04. The van der Waals surface area contributed by atoms with E-state index in [1.54, 1.807) is 0 Å². The number of nitrogens with two attached hydrogens (primary N) is 1. The van der Waals surface area contributed by atoms with E-state index >= 15 is 0 Å². The first kappa shape index (κ1) is 9.53. The second-order valence-electron chi connectivity index (χ2n) is 4.21. The Hall–Kier alpha value is -1.02. The standard InChI is InChI=1S/C12H17NO/c1-8(13)6-10-4-3-5-12-11(10)7-9(2)14-12/h3-5,8-9H,6-7,13H2,1-2H3. The van der Waals surface area contributed by atoms with E-state index in [1.165, 1.54) is 11.1 Å². The Bertz CT molecular complexity index is 333. The topological polar surface area (TPSA) is 35.2 Å². The summed E-state index contributed by atoms with van der Waals surface area (Å²) < 4.78 is 5.69. The number of ether oxygens (including phenoxy) is 1. The van der Waals surface area contributed by atoms with Crippen molar-refractivity contribution in [2.24, 2.45) is 5.73 Å². The highest BCUT2D eigenvalue weighted by Gasteiger charge is 2.21. The monoisotopic (exact) mass is 191 g/mol. The summed E-state index contributed by atoms with van der Waals surface area (Å²) in [6.07, 6.45) is 2.29. The lowest BCUT2D eigenvalue weighted by molar-refractivity contribution is 0.254. The van der Waals surface area contributed by atoms with Crippen LogP contribution in [0.4, 0.5) is 0 Å². The van der Waals surface area contributed by atoms with E-state index in [4.69, 9.17) is 10.5 Å². The van der Waals surface area contributed by atoms with Crippen LogP contribution in [0.25, 0.3) is 0 Å². The summed E-state index contributed by atoms with van der Waals surface area (Å²) in [6, 6.07) is 6.47. The Morgan fingerprint density at radius 3 is 3.07 bits per heavy atom. The summed E-state index contributed by atoms with van der Waals surface area (Å²) in [7, 11) is 0. The van der Waals surface area contributed by atoms with Gasteiger partial charge in [-0.1, -0.05) is 12.1 Å².